The Bertz CT molecular complexity index is 467. The summed E-state index contributed by atoms with van der Waals surface area (Å²) in [6.45, 7) is 0.469. The smallest absolute Gasteiger partial charge is 0.360 e. The Morgan fingerprint density at radius 2 is 2.26 bits per heavy atom. The molecule has 2 rings (SSSR count). The summed E-state index contributed by atoms with van der Waals surface area (Å²) in [4.78, 5) is 20.2. The zero-order chi connectivity index (χ0) is 13.7. The fourth-order valence-corrected chi connectivity index (χ4v) is 2.70. The molecular weight excluding hydrogens is 266 g/mol. The van der Waals surface area contributed by atoms with E-state index in [1.54, 1.807) is 5.38 Å². The van der Waals surface area contributed by atoms with Gasteiger partial charge >= 0.3 is 5.97 Å². The summed E-state index contributed by atoms with van der Waals surface area (Å²) in [7, 11) is 0. The lowest BCUT2D eigenvalue weighted by Crippen LogP contribution is -2.17. The maximum Gasteiger partial charge on any atom is 0.360 e. The van der Waals surface area contributed by atoms with Crippen LogP contribution in [0.4, 0.5) is 5.13 Å². The lowest BCUT2D eigenvalue weighted by Gasteiger charge is -2.19. The van der Waals surface area contributed by atoms with E-state index >= 15 is 0 Å². The van der Waals surface area contributed by atoms with E-state index in [9.17, 15) is 4.79 Å². The highest BCUT2D eigenvalue weighted by Crippen LogP contribution is 2.23. The minimum Gasteiger partial charge on any atom is -0.476 e. The van der Waals surface area contributed by atoms with Crippen LogP contribution in [0.25, 0.3) is 0 Å². The van der Waals surface area contributed by atoms with E-state index < -0.39 is 5.97 Å². The first-order chi connectivity index (χ1) is 9.16. The standard InChI is InChI=1S/C12H17N3O3S/c13-12-14-9(7-19-12)10(11(16)17)15-18-6-8-4-2-1-3-5-8/h7-8H,1-6H2,(H2,13,14)(H,16,17). The summed E-state index contributed by atoms with van der Waals surface area (Å²) >= 11 is 1.18. The van der Waals surface area contributed by atoms with Gasteiger partial charge in [0.25, 0.3) is 0 Å². The largest absolute Gasteiger partial charge is 0.476 e. The van der Waals surface area contributed by atoms with Crippen LogP contribution in [0.1, 0.15) is 37.8 Å². The predicted octanol–water partition coefficient (Wildman–Crippen LogP) is 2.11. The highest BCUT2D eigenvalue weighted by Gasteiger charge is 2.18. The maximum atomic E-state index is 11.1. The molecule has 0 bridgehead atoms. The highest BCUT2D eigenvalue weighted by molar-refractivity contribution is 7.13. The molecule has 0 saturated heterocycles. The van der Waals surface area contributed by atoms with Gasteiger partial charge in [-0.2, -0.15) is 0 Å². The van der Waals surface area contributed by atoms with Crippen molar-refractivity contribution in [3.8, 4) is 0 Å². The van der Waals surface area contributed by atoms with Gasteiger partial charge in [0.1, 0.15) is 12.3 Å². The first-order valence-corrected chi connectivity index (χ1v) is 7.19. The molecule has 3 N–H and O–H groups in total. The number of hydrogen-bond donors (Lipinski definition) is 2. The minimum absolute atomic E-state index is 0.191. The number of aliphatic carboxylic acids is 1. The summed E-state index contributed by atoms with van der Waals surface area (Å²) in [6.07, 6.45) is 5.96. The van der Waals surface area contributed by atoms with Crippen LogP contribution in [-0.4, -0.2) is 28.4 Å². The molecule has 7 heteroatoms. The molecule has 0 aliphatic heterocycles. The van der Waals surface area contributed by atoms with Crippen LogP contribution in [0.3, 0.4) is 0 Å². The summed E-state index contributed by atoms with van der Waals surface area (Å²) < 4.78 is 0. The number of nitrogen functional groups attached to an aromatic ring is 1. The summed E-state index contributed by atoms with van der Waals surface area (Å²) in [5.41, 5.74) is 5.54. The summed E-state index contributed by atoms with van der Waals surface area (Å²) in [5.74, 6) is -0.679. The van der Waals surface area contributed by atoms with Gasteiger partial charge in [0.15, 0.2) is 5.13 Å². The molecule has 104 valence electrons. The molecule has 0 spiro atoms. The van der Waals surface area contributed by atoms with Crippen LogP contribution in [0, 0.1) is 5.92 Å². The lowest BCUT2D eigenvalue weighted by molar-refractivity contribution is -0.129. The van der Waals surface area contributed by atoms with Crippen LogP contribution < -0.4 is 5.73 Å². The molecule has 1 fully saturated rings. The monoisotopic (exact) mass is 283 g/mol. The number of thiazole rings is 1. The van der Waals surface area contributed by atoms with Crippen molar-refractivity contribution in [2.75, 3.05) is 12.3 Å². The van der Waals surface area contributed by atoms with E-state index in [2.05, 4.69) is 10.1 Å². The van der Waals surface area contributed by atoms with Gasteiger partial charge in [-0.05, 0) is 18.8 Å². The van der Waals surface area contributed by atoms with Crippen LogP contribution in [0.5, 0.6) is 0 Å². The highest BCUT2D eigenvalue weighted by atomic mass is 32.1. The molecule has 1 heterocycles. The number of aromatic nitrogens is 1. The van der Waals surface area contributed by atoms with Crippen molar-refractivity contribution >= 4 is 28.1 Å². The average molecular weight is 283 g/mol. The number of hydrogen-bond acceptors (Lipinski definition) is 6. The van der Waals surface area contributed by atoms with E-state index in [4.69, 9.17) is 15.7 Å². The Balaban J connectivity index is 1.95. The molecule has 0 amide bonds. The number of oxime groups is 1. The Labute approximate surface area is 115 Å². The van der Waals surface area contributed by atoms with Crippen molar-refractivity contribution in [2.45, 2.75) is 32.1 Å². The van der Waals surface area contributed by atoms with Gasteiger partial charge in [-0.15, -0.1) is 11.3 Å². The van der Waals surface area contributed by atoms with Crippen molar-refractivity contribution in [1.82, 2.24) is 4.98 Å². The fraction of sp³-hybridized carbons (Fsp3) is 0.583. The minimum atomic E-state index is -1.16. The Morgan fingerprint density at radius 3 is 2.84 bits per heavy atom. The third kappa shape index (κ3) is 3.92. The van der Waals surface area contributed by atoms with E-state index in [1.165, 1.54) is 30.6 Å². The van der Waals surface area contributed by atoms with Gasteiger partial charge in [0.2, 0.25) is 5.71 Å². The number of carboxylic acid groups (broad SMARTS) is 1. The second kappa shape index (κ2) is 6.51. The van der Waals surface area contributed by atoms with Gasteiger partial charge in [-0.25, -0.2) is 9.78 Å². The zero-order valence-corrected chi connectivity index (χ0v) is 11.4. The molecule has 0 atom stereocenters. The molecule has 0 radical (unpaired) electrons. The molecule has 1 aliphatic carbocycles. The second-order valence-electron chi connectivity index (χ2n) is 4.62. The molecule has 1 aromatic rings. The Hall–Kier alpha value is -1.63. The third-order valence-electron chi connectivity index (χ3n) is 3.16. The normalized spacial score (nSPS) is 17.4. The number of anilines is 1. The number of carbonyl (C=O) groups is 1. The predicted molar refractivity (Wildman–Crippen MR) is 73.2 cm³/mol. The fourth-order valence-electron chi connectivity index (χ4n) is 2.15. The molecule has 1 saturated carbocycles. The lowest BCUT2D eigenvalue weighted by atomic mass is 9.90. The molecule has 1 aromatic heterocycles. The summed E-state index contributed by atoms with van der Waals surface area (Å²) in [6, 6.07) is 0. The van der Waals surface area contributed by atoms with Gasteiger partial charge in [-0.1, -0.05) is 24.4 Å². The molecule has 19 heavy (non-hydrogen) atoms. The second-order valence-corrected chi connectivity index (χ2v) is 5.51. The van der Waals surface area contributed by atoms with Crippen molar-refractivity contribution in [3.63, 3.8) is 0 Å². The van der Waals surface area contributed by atoms with Crippen molar-refractivity contribution in [1.29, 1.82) is 0 Å². The molecule has 0 aromatic carbocycles. The molecule has 6 nitrogen and oxygen atoms in total. The number of carboxylic acids is 1. The number of rotatable bonds is 5. The quantitative estimate of drug-likeness (QED) is 0.637. The zero-order valence-electron chi connectivity index (χ0n) is 10.5. The maximum absolute atomic E-state index is 11.1. The van der Waals surface area contributed by atoms with E-state index in [0.29, 0.717) is 17.7 Å². The van der Waals surface area contributed by atoms with E-state index in [0.717, 1.165) is 12.8 Å². The van der Waals surface area contributed by atoms with Crippen molar-refractivity contribution < 1.29 is 14.7 Å². The Morgan fingerprint density at radius 1 is 1.53 bits per heavy atom. The van der Waals surface area contributed by atoms with Crippen LogP contribution in [-0.2, 0) is 9.63 Å². The van der Waals surface area contributed by atoms with Crippen LogP contribution >= 0.6 is 11.3 Å². The first-order valence-electron chi connectivity index (χ1n) is 6.31. The van der Waals surface area contributed by atoms with Crippen LogP contribution in [0.15, 0.2) is 10.5 Å². The Kier molecular flexibility index (Phi) is 4.73. The van der Waals surface area contributed by atoms with Crippen molar-refractivity contribution in [2.24, 2.45) is 11.1 Å². The number of nitrogens with zero attached hydrogens (tertiary/aromatic N) is 2. The first kappa shape index (κ1) is 13.8. The molecular formula is C12H17N3O3S. The van der Waals surface area contributed by atoms with E-state index in [1.807, 2.05) is 0 Å². The topological polar surface area (TPSA) is 97.8 Å². The average Bonchev–Trinajstić information content (AvgIpc) is 2.82. The van der Waals surface area contributed by atoms with Gasteiger partial charge < -0.3 is 15.7 Å². The van der Waals surface area contributed by atoms with Crippen LogP contribution in [0.2, 0.25) is 0 Å². The van der Waals surface area contributed by atoms with Gasteiger partial charge in [0.05, 0.1) is 0 Å². The van der Waals surface area contributed by atoms with Crippen molar-refractivity contribution in [3.05, 3.63) is 11.1 Å². The van der Waals surface area contributed by atoms with Gasteiger partial charge in [-0.3, -0.25) is 0 Å². The molecule has 1 aliphatic rings. The van der Waals surface area contributed by atoms with Gasteiger partial charge in [0, 0.05) is 5.38 Å². The summed E-state index contributed by atoms with van der Waals surface area (Å²) in [5, 5.41) is 14.7. The van der Waals surface area contributed by atoms with E-state index in [-0.39, 0.29) is 11.4 Å². The number of nitrogens with two attached hydrogens (primary N) is 1. The third-order valence-corrected chi connectivity index (χ3v) is 3.83. The SMILES string of the molecule is Nc1nc(C(=NOCC2CCCCC2)C(=O)O)cs1. The molecule has 0 unspecified atom stereocenters.